The van der Waals surface area contributed by atoms with Gasteiger partial charge in [-0.25, -0.2) is 4.79 Å². The summed E-state index contributed by atoms with van der Waals surface area (Å²) in [5, 5.41) is 5.68. The lowest BCUT2D eigenvalue weighted by molar-refractivity contribution is 0.247. The first-order valence-corrected chi connectivity index (χ1v) is 8.61. The van der Waals surface area contributed by atoms with E-state index in [4.69, 9.17) is 4.74 Å². The zero-order chi connectivity index (χ0) is 18.4. The molecule has 0 aliphatic rings. The first-order chi connectivity index (χ1) is 11.8. The average molecular weight is 340 g/mol. The number of benzene rings is 2. The number of hydrogen-bond donors (Lipinski definition) is 2. The third-order valence-electron chi connectivity index (χ3n) is 4.02. The molecule has 0 fully saturated rings. The number of urea groups is 1. The predicted octanol–water partition coefficient (Wildman–Crippen LogP) is 4.80. The van der Waals surface area contributed by atoms with E-state index in [2.05, 4.69) is 43.5 Å². The SMILES string of the molecule is Cc1ccc(C)c(NC(=O)NCCOc2ccc(C(C)(C)C)cc2)c1. The van der Waals surface area contributed by atoms with Crippen LogP contribution in [0.4, 0.5) is 10.5 Å². The molecule has 2 aromatic rings. The van der Waals surface area contributed by atoms with Gasteiger partial charge in [-0.1, -0.05) is 45.0 Å². The normalized spacial score (nSPS) is 11.1. The van der Waals surface area contributed by atoms with E-state index < -0.39 is 0 Å². The quantitative estimate of drug-likeness (QED) is 0.768. The highest BCUT2D eigenvalue weighted by Gasteiger charge is 2.12. The number of aryl methyl sites for hydroxylation is 2. The minimum atomic E-state index is -0.222. The lowest BCUT2D eigenvalue weighted by atomic mass is 9.87. The van der Waals surface area contributed by atoms with Crippen LogP contribution in [-0.2, 0) is 5.41 Å². The van der Waals surface area contributed by atoms with Gasteiger partial charge in [0.15, 0.2) is 0 Å². The molecule has 0 unspecified atom stereocenters. The largest absolute Gasteiger partial charge is 0.492 e. The Balaban J connectivity index is 1.75. The van der Waals surface area contributed by atoms with Crippen molar-refractivity contribution in [3.8, 4) is 5.75 Å². The number of anilines is 1. The minimum Gasteiger partial charge on any atom is -0.492 e. The predicted molar refractivity (Wildman–Crippen MR) is 104 cm³/mol. The maximum Gasteiger partial charge on any atom is 0.319 e. The third-order valence-corrected chi connectivity index (χ3v) is 4.02. The number of amides is 2. The fraction of sp³-hybridized carbons (Fsp3) is 0.381. The van der Waals surface area contributed by atoms with Crippen molar-refractivity contribution in [2.45, 2.75) is 40.0 Å². The summed E-state index contributed by atoms with van der Waals surface area (Å²) in [7, 11) is 0. The molecule has 25 heavy (non-hydrogen) atoms. The summed E-state index contributed by atoms with van der Waals surface area (Å²) in [5.41, 5.74) is 4.38. The number of ether oxygens (including phenoxy) is 1. The highest BCUT2D eigenvalue weighted by molar-refractivity contribution is 5.90. The van der Waals surface area contributed by atoms with Crippen molar-refractivity contribution in [1.29, 1.82) is 0 Å². The van der Waals surface area contributed by atoms with Gasteiger partial charge in [-0.2, -0.15) is 0 Å². The van der Waals surface area contributed by atoms with Crippen molar-refractivity contribution in [2.24, 2.45) is 0 Å². The first kappa shape index (κ1) is 18.8. The monoisotopic (exact) mass is 340 g/mol. The molecule has 4 nitrogen and oxygen atoms in total. The van der Waals surface area contributed by atoms with Crippen LogP contribution < -0.4 is 15.4 Å². The van der Waals surface area contributed by atoms with Gasteiger partial charge in [0, 0.05) is 5.69 Å². The molecule has 0 saturated heterocycles. The minimum absolute atomic E-state index is 0.131. The fourth-order valence-corrected chi connectivity index (χ4v) is 2.42. The van der Waals surface area contributed by atoms with Crippen LogP contribution in [0.5, 0.6) is 5.75 Å². The molecule has 0 atom stereocenters. The lowest BCUT2D eigenvalue weighted by Crippen LogP contribution is -2.32. The Morgan fingerprint density at radius 3 is 2.36 bits per heavy atom. The van der Waals surface area contributed by atoms with Gasteiger partial charge in [0.05, 0.1) is 6.54 Å². The van der Waals surface area contributed by atoms with Crippen molar-refractivity contribution in [1.82, 2.24) is 5.32 Å². The molecule has 0 saturated carbocycles. The van der Waals surface area contributed by atoms with E-state index in [0.29, 0.717) is 13.2 Å². The summed E-state index contributed by atoms with van der Waals surface area (Å²) in [6, 6.07) is 13.9. The van der Waals surface area contributed by atoms with Crippen molar-refractivity contribution >= 4 is 11.7 Å². The molecule has 0 bridgehead atoms. The van der Waals surface area contributed by atoms with Gasteiger partial charge in [0.1, 0.15) is 12.4 Å². The molecular formula is C21H28N2O2. The molecule has 4 heteroatoms. The number of nitrogens with one attached hydrogen (secondary N) is 2. The van der Waals surface area contributed by atoms with Gasteiger partial charge in [-0.05, 0) is 54.2 Å². The Hall–Kier alpha value is -2.49. The lowest BCUT2D eigenvalue weighted by Gasteiger charge is -2.19. The van der Waals surface area contributed by atoms with Crippen LogP contribution in [0.3, 0.4) is 0 Å². The van der Waals surface area contributed by atoms with E-state index in [9.17, 15) is 4.79 Å². The molecule has 0 heterocycles. The molecule has 2 amide bonds. The van der Waals surface area contributed by atoms with Crippen LogP contribution in [-0.4, -0.2) is 19.2 Å². The summed E-state index contributed by atoms with van der Waals surface area (Å²) in [6.45, 7) is 11.4. The Morgan fingerprint density at radius 1 is 1.04 bits per heavy atom. The highest BCUT2D eigenvalue weighted by atomic mass is 16.5. The first-order valence-electron chi connectivity index (χ1n) is 8.61. The van der Waals surface area contributed by atoms with Crippen LogP contribution in [0.25, 0.3) is 0 Å². The molecule has 2 aromatic carbocycles. The van der Waals surface area contributed by atoms with Crippen LogP contribution in [0.1, 0.15) is 37.5 Å². The maximum atomic E-state index is 12.0. The standard InChI is InChI=1S/C21H28N2O2/c1-15-6-7-16(2)19(14-15)23-20(24)22-12-13-25-18-10-8-17(9-11-18)21(3,4)5/h6-11,14H,12-13H2,1-5H3,(H2,22,23,24). The zero-order valence-electron chi connectivity index (χ0n) is 15.8. The zero-order valence-corrected chi connectivity index (χ0v) is 15.8. The van der Waals surface area contributed by atoms with Gasteiger partial charge in [-0.15, -0.1) is 0 Å². The molecule has 0 aromatic heterocycles. The summed E-state index contributed by atoms with van der Waals surface area (Å²) >= 11 is 0. The van der Waals surface area contributed by atoms with Crippen molar-refractivity contribution in [2.75, 3.05) is 18.5 Å². The number of carbonyl (C=O) groups is 1. The van der Waals surface area contributed by atoms with Crippen molar-refractivity contribution < 1.29 is 9.53 Å². The Kier molecular flexibility index (Phi) is 6.07. The highest BCUT2D eigenvalue weighted by Crippen LogP contribution is 2.24. The van der Waals surface area contributed by atoms with E-state index in [1.165, 1.54) is 5.56 Å². The molecule has 0 aliphatic heterocycles. The maximum absolute atomic E-state index is 12.0. The van der Waals surface area contributed by atoms with Crippen molar-refractivity contribution in [3.05, 3.63) is 59.2 Å². The van der Waals surface area contributed by atoms with E-state index in [-0.39, 0.29) is 11.4 Å². The summed E-state index contributed by atoms with van der Waals surface area (Å²) in [4.78, 5) is 12.0. The van der Waals surface area contributed by atoms with E-state index in [1.54, 1.807) is 0 Å². The number of carbonyl (C=O) groups excluding carboxylic acids is 1. The topological polar surface area (TPSA) is 50.4 Å². The van der Waals surface area contributed by atoms with Gasteiger partial charge >= 0.3 is 6.03 Å². The van der Waals surface area contributed by atoms with Crippen LogP contribution >= 0.6 is 0 Å². The second-order valence-corrected chi connectivity index (χ2v) is 7.32. The average Bonchev–Trinajstić information content (AvgIpc) is 2.55. The molecule has 134 valence electrons. The molecule has 2 N–H and O–H groups in total. The van der Waals surface area contributed by atoms with Crippen LogP contribution in [0, 0.1) is 13.8 Å². The molecule has 0 aliphatic carbocycles. The molecule has 2 rings (SSSR count). The number of rotatable bonds is 5. The summed E-state index contributed by atoms with van der Waals surface area (Å²) in [5.74, 6) is 0.810. The molecule has 0 spiro atoms. The molecular weight excluding hydrogens is 312 g/mol. The fourth-order valence-electron chi connectivity index (χ4n) is 2.42. The summed E-state index contributed by atoms with van der Waals surface area (Å²) < 4.78 is 5.67. The second-order valence-electron chi connectivity index (χ2n) is 7.32. The van der Waals surface area contributed by atoms with E-state index >= 15 is 0 Å². The van der Waals surface area contributed by atoms with E-state index in [0.717, 1.165) is 22.6 Å². The number of hydrogen-bond acceptors (Lipinski definition) is 2. The molecule has 0 radical (unpaired) electrons. The smallest absolute Gasteiger partial charge is 0.319 e. The van der Waals surface area contributed by atoms with Gasteiger partial charge in [-0.3, -0.25) is 0 Å². The second kappa shape index (κ2) is 8.06. The van der Waals surface area contributed by atoms with Gasteiger partial charge in [0.25, 0.3) is 0 Å². The van der Waals surface area contributed by atoms with Crippen LogP contribution in [0.2, 0.25) is 0 Å². The van der Waals surface area contributed by atoms with E-state index in [1.807, 2.05) is 44.2 Å². The van der Waals surface area contributed by atoms with Crippen molar-refractivity contribution in [3.63, 3.8) is 0 Å². The van der Waals surface area contributed by atoms with Gasteiger partial charge < -0.3 is 15.4 Å². The summed E-state index contributed by atoms with van der Waals surface area (Å²) in [6.07, 6.45) is 0. The van der Waals surface area contributed by atoms with Gasteiger partial charge in [0.2, 0.25) is 0 Å². The third kappa shape index (κ3) is 5.82. The van der Waals surface area contributed by atoms with Crippen LogP contribution in [0.15, 0.2) is 42.5 Å². The Morgan fingerprint density at radius 2 is 1.72 bits per heavy atom. The Labute approximate surface area is 150 Å². The Bertz CT molecular complexity index is 716.